The monoisotopic (exact) mass is 377 g/mol. The molecule has 3 aromatic rings. The second-order valence-corrected chi connectivity index (χ2v) is 5.66. The molecule has 3 rings (SSSR count). The molecule has 0 spiro atoms. The van der Waals surface area contributed by atoms with Crippen molar-refractivity contribution >= 4 is 23.4 Å². The van der Waals surface area contributed by atoms with Gasteiger partial charge in [0, 0.05) is 11.9 Å². The van der Waals surface area contributed by atoms with E-state index >= 15 is 0 Å². The summed E-state index contributed by atoms with van der Waals surface area (Å²) in [5.74, 6) is 0.243. The standard InChI is InChI=1S/C21H19N3O4/c1-2-27-17-10-8-15(9-11-17)20(25)28-19-14-22-13-12-18(19)24-21(26)23-16-6-4-3-5-7-16/h3-14H,2H2,1H3,(H2,22,23,24,26). The first-order valence-corrected chi connectivity index (χ1v) is 8.68. The van der Waals surface area contributed by atoms with Crippen LogP contribution >= 0.6 is 0 Å². The smallest absolute Gasteiger partial charge is 0.343 e. The minimum atomic E-state index is -0.567. The van der Waals surface area contributed by atoms with E-state index in [-0.39, 0.29) is 5.75 Å². The van der Waals surface area contributed by atoms with E-state index < -0.39 is 12.0 Å². The van der Waals surface area contributed by atoms with Gasteiger partial charge in [-0.1, -0.05) is 18.2 Å². The van der Waals surface area contributed by atoms with Gasteiger partial charge in [0.1, 0.15) is 5.75 Å². The van der Waals surface area contributed by atoms with E-state index in [4.69, 9.17) is 9.47 Å². The number of esters is 1. The zero-order valence-electron chi connectivity index (χ0n) is 15.2. The zero-order chi connectivity index (χ0) is 19.8. The minimum Gasteiger partial charge on any atom is -0.494 e. The molecule has 142 valence electrons. The van der Waals surface area contributed by atoms with Crippen LogP contribution in [0, 0.1) is 0 Å². The molecule has 2 N–H and O–H groups in total. The van der Waals surface area contributed by atoms with Crippen molar-refractivity contribution in [1.82, 2.24) is 4.98 Å². The van der Waals surface area contributed by atoms with E-state index in [0.29, 0.717) is 29.3 Å². The van der Waals surface area contributed by atoms with Crippen molar-refractivity contribution in [3.8, 4) is 11.5 Å². The predicted molar refractivity (Wildman–Crippen MR) is 106 cm³/mol. The van der Waals surface area contributed by atoms with Gasteiger partial charge in [0.25, 0.3) is 0 Å². The van der Waals surface area contributed by atoms with E-state index in [9.17, 15) is 9.59 Å². The van der Waals surface area contributed by atoms with Crippen molar-refractivity contribution in [3.05, 3.63) is 78.6 Å². The maximum absolute atomic E-state index is 12.4. The number of anilines is 2. The number of carbonyl (C=O) groups is 2. The van der Waals surface area contributed by atoms with E-state index in [1.807, 2.05) is 25.1 Å². The summed E-state index contributed by atoms with van der Waals surface area (Å²) < 4.78 is 10.8. The fraction of sp³-hybridized carbons (Fsp3) is 0.0952. The van der Waals surface area contributed by atoms with Gasteiger partial charge < -0.3 is 20.1 Å². The number of ether oxygens (including phenoxy) is 2. The molecule has 0 saturated heterocycles. The number of pyridine rings is 1. The Morgan fingerprint density at radius 2 is 1.71 bits per heavy atom. The van der Waals surface area contributed by atoms with Crippen LogP contribution in [0.25, 0.3) is 0 Å². The van der Waals surface area contributed by atoms with Gasteiger partial charge >= 0.3 is 12.0 Å². The van der Waals surface area contributed by atoms with Crippen LogP contribution in [0.15, 0.2) is 73.1 Å². The molecule has 7 nitrogen and oxygen atoms in total. The summed E-state index contributed by atoms with van der Waals surface area (Å²) in [6.45, 7) is 2.42. The number of hydrogen-bond donors (Lipinski definition) is 2. The first-order valence-electron chi connectivity index (χ1n) is 8.68. The molecule has 0 aliphatic rings. The summed E-state index contributed by atoms with van der Waals surface area (Å²) in [5.41, 5.74) is 1.32. The number of benzene rings is 2. The Morgan fingerprint density at radius 3 is 2.43 bits per heavy atom. The van der Waals surface area contributed by atoms with Crippen molar-refractivity contribution in [2.75, 3.05) is 17.2 Å². The van der Waals surface area contributed by atoms with Crippen molar-refractivity contribution in [3.63, 3.8) is 0 Å². The van der Waals surface area contributed by atoms with Crippen LogP contribution in [-0.2, 0) is 0 Å². The van der Waals surface area contributed by atoms with Crippen LogP contribution in [0.4, 0.5) is 16.2 Å². The third-order valence-corrected chi connectivity index (χ3v) is 3.67. The topological polar surface area (TPSA) is 89.6 Å². The number of aromatic nitrogens is 1. The highest BCUT2D eigenvalue weighted by Gasteiger charge is 2.14. The number of carbonyl (C=O) groups excluding carboxylic acids is 2. The molecule has 0 radical (unpaired) electrons. The Kier molecular flexibility index (Phi) is 6.20. The molecule has 0 atom stereocenters. The SMILES string of the molecule is CCOc1ccc(C(=O)Oc2cnccc2NC(=O)Nc2ccccc2)cc1. The van der Waals surface area contributed by atoms with Gasteiger partial charge in [-0.05, 0) is 49.4 Å². The van der Waals surface area contributed by atoms with Crippen molar-refractivity contribution in [2.45, 2.75) is 6.92 Å². The molecule has 0 aliphatic carbocycles. The molecule has 28 heavy (non-hydrogen) atoms. The van der Waals surface area contributed by atoms with Gasteiger partial charge in [0.15, 0.2) is 5.75 Å². The van der Waals surface area contributed by atoms with E-state index in [2.05, 4.69) is 15.6 Å². The van der Waals surface area contributed by atoms with Crippen LogP contribution in [0.3, 0.4) is 0 Å². The summed E-state index contributed by atoms with van der Waals surface area (Å²) in [6, 6.07) is 16.7. The van der Waals surface area contributed by atoms with Gasteiger partial charge in [-0.15, -0.1) is 0 Å². The first-order chi connectivity index (χ1) is 13.7. The molecular weight excluding hydrogens is 358 g/mol. The fourth-order valence-electron chi connectivity index (χ4n) is 2.38. The van der Waals surface area contributed by atoms with Gasteiger partial charge in [0.2, 0.25) is 0 Å². The first kappa shape index (κ1) is 18.9. The maximum atomic E-state index is 12.4. The largest absolute Gasteiger partial charge is 0.494 e. The number of para-hydroxylation sites is 1. The number of urea groups is 1. The number of amides is 2. The average molecular weight is 377 g/mol. The van der Waals surface area contributed by atoms with E-state index in [1.54, 1.807) is 42.5 Å². The van der Waals surface area contributed by atoms with Crippen LogP contribution in [0.5, 0.6) is 11.5 Å². The average Bonchev–Trinajstić information content (AvgIpc) is 2.71. The third-order valence-electron chi connectivity index (χ3n) is 3.67. The van der Waals surface area contributed by atoms with Gasteiger partial charge in [-0.3, -0.25) is 4.98 Å². The third kappa shape index (κ3) is 5.07. The molecular formula is C21H19N3O4. The molecule has 2 aromatic carbocycles. The van der Waals surface area contributed by atoms with Gasteiger partial charge in [-0.2, -0.15) is 0 Å². The summed E-state index contributed by atoms with van der Waals surface area (Å²) >= 11 is 0. The van der Waals surface area contributed by atoms with Crippen molar-refractivity contribution in [2.24, 2.45) is 0 Å². The number of rotatable bonds is 6. The lowest BCUT2D eigenvalue weighted by Gasteiger charge is -2.12. The van der Waals surface area contributed by atoms with Gasteiger partial charge in [0.05, 0.1) is 24.1 Å². The summed E-state index contributed by atoms with van der Waals surface area (Å²) in [6.07, 6.45) is 2.86. The highest BCUT2D eigenvalue weighted by Crippen LogP contribution is 2.24. The van der Waals surface area contributed by atoms with Gasteiger partial charge in [-0.25, -0.2) is 9.59 Å². The van der Waals surface area contributed by atoms with E-state index in [1.165, 1.54) is 12.4 Å². The predicted octanol–water partition coefficient (Wildman–Crippen LogP) is 4.34. The lowest BCUT2D eigenvalue weighted by Crippen LogP contribution is -2.20. The molecule has 1 aromatic heterocycles. The summed E-state index contributed by atoms with van der Waals surface area (Å²) in [7, 11) is 0. The molecule has 7 heteroatoms. The summed E-state index contributed by atoms with van der Waals surface area (Å²) in [5, 5.41) is 5.35. The molecule has 0 aliphatic heterocycles. The van der Waals surface area contributed by atoms with Crippen molar-refractivity contribution < 1.29 is 19.1 Å². The molecule has 2 amide bonds. The second-order valence-electron chi connectivity index (χ2n) is 5.66. The zero-order valence-corrected chi connectivity index (χ0v) is 15.2. The van der Waals surface area contributed by atoms with Crippen LogP contribution in [0.2, 0.25) is 0 Å². The highest BCUT2D eigenvalue weighted by molar-refractivity contribution is 6.01. The Morgan fingerprint density at radius 1 is 0.964 bits per heavy atom. The Balaban J connectivity index is 1.67. The lowest BCUT2D eigenvalue weighted by atomic mass is 10.2. The maximum Gasteiger partial charge on any atom is 0.343 e. The Labute approximate surface area is 162 Å². The number of nitrogens with one attached hydrogen (secondary N) is 2. The Hall–Kier alpha value is -3.87. The van der Waals surface area contributed by atoms with Crippen LogP contribution in [-0.4, -0.2) is 23.6 Å². The molecule has 1 heterocycles. The Bertz CT molecular complexity index is 943. The number of hydrogen-bond acceptors (Lipinski definition) is 5. The molecule has 0 unspecified atom stereocenters. The molecule has 0 fully saturated rings. The van der Waals surface area contributed by atoms with E-state index in [0.717, 1.165) is 0 Å². The molecule has 0 bridgehead atoms. The summed E-state index contributed by atoms with van der Waals surface area (Å²) in [4.78, 5) is 28.5. The quantitative estimate of drug-likeness (QED) is 0.624. The fourth-order valence-corrected chi connectivity index (χ4v) is 2.38. The second kappa shape index (κ2) is 9.18. The van der Waals surface area contributed by atoms with Crippen LogP contribution in [0.1, 0.15) is 17.3 Å². The highest BCUT2D eigenvalue weighted by atomic mass is 16.5. The normalized spacial score (nSPS) is 10.0. The minimum absolute atomic E-state index is 0.143. The van der Waals surface area contributed by atoms with Crippen molar-refractivity contribution in [1.29, 1.82) is 0 Å². The number of nitrogens with zero attached hydrogens (tertiary/aromatic N) is 1. The molecule has 0 saturated carbocycles. The lowest BCUT2D eigenvalue weighted by molar-refractivity contribution is 0.0735. The van der Waals surface area contributed by atoms with Crippen LogP contribution < -0.4 is 20.1 Å².